The minimum Gasteiger partial charge on any atom is -0.317 e. The first-order valence-corrected chi connectivity index (χ1v) is 5.46. The van der Waals surface area contributed by atoms with Gasteiger partial charge in [0.15, 0.2) is 0 Å². The standard InChI is InChI=1S/C11H15ClN2O2/c1-7(8(2)13-3)10-5-4-9(14(15)16)6-11(10)12/h4-8,13H,1-3H3. The van der Waals surface area contributed by atoms with Crippen LogP contribution in [-0.2, 0) is 0 Å². The lowest BCUT2D eigenvalue weighted by Crippen LogP contribution is -2.27. The van der Waals surface area contributed by atoms with Crippen molar-refractivity contribution >= 4 is 17.3 Å². The normalized spacial score (nSPS) is 14.5. The highest BCUT2D eigenvalue weighted by molar-refractivity contribution is 6.31. The summed E-state index contributed by atoms with van der Waals surface area (Å²) in [6.07, 6.45) is 0. The number of benzene rings is 1. The second-order valence-corrected chi connectivity index (χ2v) is 4.24. The van der Waals surface area contributed by atoms with E-state index in [0.29, 0.717) is 5.02 Å². The Bertz CT molecular complexity index is 396. The van der Waals surface area contributed by atoms with Crippen LogP contribution < -0.4 is 5.32 Å². The van der Waals surface area contributed by atoms with Gasteiger partial charge in [0.05, 0.1) is 9.95 Å². The Kier molecular flexibility index (Phi) is 4.26. The maximum atomic E-state index is 10.6. The van der Waals surface area contributed by atoms with Gasteiger partial charge < -0.3 is 5.32 Å². The van der Waals surface area contributed by atoms with E-state index in [0.717, 1.165) is 5.56 Å². The third kappa shape index (κ3) is 2.71. The molecule has 0 radical (unpaired) electrons. The summed E-state index contributed by atoms with van der Waals surface area (Å²) in [5, 5.41) is 14.1. The summed E-state index contributed by atoms with van der Waals surface area (Å²) in [7, 11) is 1.88. The fourth-order valence-corrected chi connectivity index (χ4v) is 1.87. The van der Waals surface area contributed by atoms with Gasteiger partial charge in [-0.15, -0.1) is 0 Å². The molecule has 0 aromatic heterocycles. The molecule has 16 heavy (non-hydrogen) atoms. The topological polar surface area (TPSA) is 55.2 Å². The zero-order valence-electron chi connectivity index (χ0n) is 9.53. The van der Waals surface area contributed by atoms with Crippen LogP contribution in [-0.4, -0.2) is 18.0 Å². The Balaban J connectivity index is 3.03. The molecule has 2 unspecified atom stereocenters. The van der Waals surface area contributed by atoms with Crippen LogP contribution in [0, 0.1) is 10.1 Å². The van der Waals surface area contributed by atoms with Crippen molar-refractivity contribution in [3.8, 4) is 0 Å². The van der Waals surface area contributed by atoms with Gasteiger partial charge >= 0.3 is 0 Å². The summed E-state index contributed by atoms with van der Waals surface area (Å²) >= 11 is 6.04. The number of hydrogen-bond acceptors (Lipinski definition) is 3. The Hall–Kier alpha value is -1.13. The van der Waals surface area contributed by atoms with E-state index in [1.807, 2.05) is 20.9 Å². The summed E-state index contributed by atoms with van der Waals surface area (Å²) in [5.74, 6) is 0.207. The number of nitro benzene ring substituents is 1. The van der Waals surface area contributed by atoms with Gasteiger partial charge in [-0.2, -0.15) is 0 Å². The first kappa shape index (κ1) is 12.9. The molecule has 0 aliphatic carbocycles. The molecule has 88 valence electrons. The van der Waals surface area contributed by atoms with Crippen LogP contribution in [0.2, 0.25) is 5.02 Å². The molecule has 1 aromatic rings. The molecule has 0 spiro atoms. The molecular formula is C11H15ClN2O2. The van der Waals surface area contributed by atoms with Crippen LogP contribution in [0.1, 0.15) is 25.3 Å². The molecule has 0 amide bonds. The number of nitrogens with one attached hydrogen (secondary N) is 1. The van der Waals surface area contributed by atoms with Crippen molar-refractivity contribution in [1.82, 2.24) is 5.32 Å². The predicted octanol–water partition coefficient (Wildman–Crippen LogP) is 2.96. The average molecular weight is 243 g/mol. The van der Waals surface area contributed by atoms with Gasteiger partial charge in [-0.1, -0.05) is 24.6 Å². The summed E-state index contributed by atoms with van der Waals surface area (Å²) in [5.41, 5.74) is 0.951. The predicted molar refractivity (Wildman–Crippen MR) is 65.0 cm³/mol. The number of hydrogen-bond donors (Lipinski definition) is 1. The number of halogens is 1. The van der Waals surface area contributed by atoms with Crippen LogP contribution in [0.15, 0.2) is 18.2 Å². The zero-order chi connectivity index (χ0) is 12.3. The smallest absolute Gasteiger partial charge is 0.270 e. The monoisotopic (exact) mass is 242 g/mol. The van der Waals surface area contributed by atoms with Crippen molar-refractivity contribution in [3.05, 3.63) is 38.9 Å². The fourth-order valence-electron chi connectivity index (χ4n) is 1.52. The lowest BCUT2D eigenvalue weighted by atomic mass is 9.94. The minimum atomic E-state index is -0.443. The maximum Gasteiger partial charge on any atom is 0.270 e. The first-order chi connectivity index (χ1) is 7.47. The fraction of sp³-hybridized carbons (Fsp3) is 0.455. The Labute approximate surface area is 99.8 Å². The third-order valence-corrected chi connectivity index (χ3v) is 3.22. The molecule has 0 bridgehead atoms. The van der Waals surface area contributed by atoms with Crippen molar-refractivity contribution < 1.29 is 4.92 Å². The van der Waals surface area contributed by atoms with Crippen LogP contribution in [0.4, 0.5) is 5.69 Å². The molecule has 1 N–H and O–H groups in total. The summed E-state index contributed by atoms with van der Waals surface area (Å²) in [4.78, 5) is 10.1. The van der Waals surface area contributed by atoms with Crippen molar-refractivity contribution in [2.24, 2.45) is 0 Å². The largest absolute Gasteiger partial charge is 0.317 e. The SMILES string of the molecule is CNC(C)C(C)c1ccc([N+](=O)[O-])cc1Cl. The van der Waals surface area contributed by atoms with Crippen LogP contribution in [0.5, 0.6) is 0 Å². The molecule has 0 aliphatic rings. The second kappa shape index (κ2) is 5.27. The number of non-ortho nitro benzene ring substituents is 1. The van der Waals surface area contributed by atoms with Gasteiger partial charge in [0.2, 0.25) is 0 Å². The molecule has 2 atom stereocenters. The van der Waals surface area contributed by atoms with E-state index < -0.39 is 4.92 Å². The quantitative estimate of drug-likeness (QED) is 0.652. The lowest BCUT2D eigenvalue weighted by Gasteiger charge is -2.20. The van der Waals surface area contributed by atoms with Gasteiger partial charge in [0.25, 0.3) is 5.69 Å². The van der Waals surface area contributed by atoms with Crippen LogP contribution in [0.3, 0.4) is 0 Å². The number of rotatable bonds is 4. The second-order valence-electron chi connectivity index (χ2n) is 3.83. The summed E-state index contributed by atoms with van der Waals surface area (Å²) in [6, 6.07) is 4.87. The van der Waals surface area contributed by atoms with Crippen molar-refractivity contribution in [2.45, 2.75) is 25.8 Å². The van der Waals surface area contributed by atoms with Crippen molar-refractivity contribution in [3.63, 3.8) is 0 Å². The highest BCUT2D eigenvalue weighted by atomic mass is 35.5. The lowest BCUT2D eigenvalue weighted by molar-refractivity contribution is -0.384. The molecule has 0 heterocycles. The Morgan fingerprint density at radius 2 is 2.06 bits per heavy atom. The molecular weight excluding hydrogens is 228 g/mol. The number of likely N-dealkylation sites (N-methyl/N-ethyl adjacent to an activating group) is 1. The van der Waals surface area contributed by atoms with Gasteiger partial charge in [-0.25, -0.2) is 0 Å². The van der Waals surface area contributed by atoms with E-state index >= 15 is 0 Å². The first-order valence-electron chi connectivity index (χ1n) is 5.08. The molecule has 1 rings (SSSR count). The van der Waals surface area contributed by atoms with Crippen molar-refractivity contribution in [1.29, 1.82) is 0 Å². The third-order valence-electron chi connectivity index (χ3n) is 2.89. The molecule has 4 nitrogen and oxygen atoms in total. The van der Waals surface area contributed by atoms with Crippen LogP contribution in [0.25, 0.3) is 0 Å². The van der Waals surface area contributed by atoms with E-state index in [1.54, 1.807) is 6.07 Å². The average Bonchev–Trinajstić information content (AvgIpc) is 2.26. The highest BCUT2D eigenvalue weighted by Crippen LogP contribution is 2.29. The van der Waals surface area contributed by atoms with Gasteiger partial charge in [0.1, 0.15) is 0 Å². The maximum absolute atomic E-state index is 10.6. The molecule has 0 fully saturated rings. The Morgan fingerprint density at radius 1 is 1.44 bits per heavy atom. The van der Waals surface area contributed by atoms with E-state index in [9.17, 15) is 10.1 Å². The molecule has 5 heteroatoms. The van der Waals surface area contributed by atoms with Gasteiger partial charge in [-0.3, -0.25) is 10.1 Å². The van der Waals surface area contributed by atoms with E-state index in [1.165, 1.54) is 12.1 Å². The van der Waals surface area contributed by atoms with Crippen molar-refractivity contribution in [2.75, 3.05) is 7.05 Å². The zero-order valence-corrected chi connectivity index (χ0v) is 10.3. The molecule has 0 saturated carbocycles. The van der Waals surface area contributed by atoms with E-state index in [4.69, 9.17) is 11.6 Å². The van der Waals surface area contributed by atoms with Gasteiger partial charge in [0, 0.05) is 18.2 Å². The van der Waals surface area contributed by atoms with Crippen LogP contribution >= 0.6 is 11.6 Å². The highest BCUT2D eigenvalue weighted by Gasteiger charge is 2.17. The van der Waals surface area contributed by atoms with Gasteiger partial charge in [-0.05, 0) is 25.5 Å². The molecule has 1 aromatic carbocycles. The summed E-state index contributed by atoms with van der Waals surface area (Å²) in [6.45, 7) is 4.08. The molecule has 0 aliphatic heterocycles. The number of nitro groups is 1. The molecule has 0 saturated heterocycles. The Morgan fingerprint density at radius 3 is 2.50 bits per heavy atom. The minimum absolute atomic E-state index is 0.0260. The number of nitrogens with zero attached hydrogens (tertiary/aromatic N) is 1. The van der Waals surface area contributed by atoms with E-state index in [2.05, 4.69) is 5.32 Å². The van der Waals surface area contributed by atoms with E-state index in [-0.39, 0.29) is 17.6 Å². The summed E-state index contributed by atoms with van der Waals surface area (Å²) < 4.78 is 0.